The molecule has 0 aliphatic rings. The number of hydrogen-bond donors (Lipinski definition) is 0. The SMILES string of the molecule is CCc1nc(Br)cc(-c2cccc3nccn23)n1. The van der Waals surface area contributed by atoms with E-state index in [1.54, 1.807) is 6.20 Å². The predicted molar refractivity (Wildman–Crippen MR) is 73.3 cm³/mol. The van der Waals surface area contributed by atoms with Gasteiger partial charge in [-0.25, -0.2) is 15.0 Å². The number of nitrogens with zero attached hydrogens (tertiary/aromatic N) is 4. The summed E-state index contributed by atoms with van der Waals surface area (Å²) in [7, 11) is 0. The van der Waals surface area contributed by atoms with Crippen LogP contribution < -0.4 is 0 Å². The summed E-state index contributed by atoms with van der Waals surface area (Å²) in [6.07, 6.45) is 4.54. The fourth-order valence-corrected chi connectivity index (χ4v) is 2.33. The Balaban J connectivity index is 2.25. The second kappa shape index (κ2) is 4.49. The normalized spacial score (nSPS) is 11.0. The molecule has 0 amide bonds. The minimum atomic E-state index is 0.807. The second-order valence-electron chi connectivity index (χ2n) is 3.91. The van der Waals surface area contributed by atoms with E-state index < -0.39 is 0 Å². The van der Waals surface area contributed by atoms with Gasteiger partial charge in [-0.2, -0.15) is 0 Å². The van der Waals surface area contributed by atoms with Crippen molar-refractivity contribution in [1.29, 1.82) is 0 Å². The molecular weight excluding hydrogens is 292 g/mol. The van der Waals surface area contributed by atoms with E-state index in [-0.39, 0.29) is 0 Å². The molecule has 5 heteroatoms. The summed E-state index contributed by atoms with van der Waals surface area (Å²) in [4.78, 5) is 13.2. The Morgan fingerprint density at radius 2 is 2.17 bits per heavy atom. The number of halogens is 1. The molecule has 3 aromatic heterocycles. The zero-order chi connectivity index (χ0) is 12.5. The van der Waals surface area contributed by atoms with Crippen LogP contribution in [0.2, 0.25) is 0 Å². The molecule has 0 saturated heterocycles. The molecule has 0 saturated carbocycles. The quantitative estimate of drug-likeness (QED) is 0.683. The molecule has 3 aromatic rings. The summed E-state index contributed by atoms with van der Waals surface area (Å²) in [5.74, 6) is 0.830. The minimum Gasteiger partial charge on any atom is -0.298 e. The number of fused-ring (bicyclic) bond motifs is 1. The molecule has 0 radical (unpaired) electrons. The third kappa shape index (κ3) is 1.90. The van der Waals surface area contributed by atoms with Crippen LogP contribution in [0.25, 0.3) is 17.0 Å². The van der Waals surface area contributed by atoms with Crippen LogP contribution in [0.15, 0.2) is 41.3 Å². The fraction of sp³-hybridized carbons (Fsp3) is 0.154. The average Bonchev–Trinajstić information content (AvgIpc) is 2.85. The fourth-order valence-electron chi connectivity index (χ4n) is 1.91. The van der Waals surface area contributed by atoms with Gasteiger partial charge in [-0.3, -0.25) is 4.40 Å². The zero-order valence-electron chi connectivity index (χ0n) is 9.84. The van der Waals surface area contributed by atoms with E-state index in [1.165, 1.54) is 0 Å². The van der Waals surface area contributed by atoms with Gasteiger partial charge in [0.2, 0.25) is 0 Å². The molecule has 0 bridgehead atoms. The summed E-state index contributed by atoms with van der Waals surface area (Å²) >= 11 is 3.43. The molecule has 0 spiro atoms. The van der Waals surface area contributed by atoms with Crippen LogP contribution in [0.3, 0.4) is 0 Å². The van der Waals surface area contributed by atoms with Gasteiger partial charge < -0.3 is 0 Å². The standard InChI is InChI=1S/C13H11BrN4/c1-2-12-16-9(8-11(14)17-12)10-4-3-5-13-15-6-7-18(10)13/h3-8H,2H2,1H3. The molecule has 3 rings (SSSR count). The third-order valence-electron chi connectivity index (χ3n) is 2.75. The highest BCUT2D eigenvalue weighted by Crippen LogP contribution is 2.21. The third-order valence-corrected chi connectivity index (χ3v) is 3.15. The van der Waals surface area contributed by atoms with Crippen molar-refractivity contribution in [2.75, 3.05) is 0 Å². The van der Waals surface area contributed by atoms with Crippen molar-refractivity contribution in [1.82, 2.24) is 19.4 Å². The van der Waals surface area contributed by atoms with Gasteiger partial charge in [0.1, 0.15) is 16.1 Å². The molecule has 4 nitrogen and oxygen atoms in total. The Hall–Kier alpha value is -1.75. The molecule has 0 fully saturated rings. The number of imidazole rings is 1. The van der Waals surface area contributed by atoms with E-state index in [0.29, 0.717) is 0 Å². The van der Waals surface area contributed by atoms with E-state index in [9.17, 15) is 0 Å². The predicted octanol–water partition coefficient (Wildman–Crippen LogP) is 3.12. The molecule has 0 aliphatic carbocycles. The highest BCUT2D eigenvalue weighted by atomic mass is 79.9. The van der Waals surface area contributed by atoms with Crippen LogP contribution in [0.4, 0.5) is 0 Å². The lowest BCUT2D eigenvalue weighted by Gasteiger charge is -2.06. The van der Waals surface area contributed by atoms with Crippen molar-refractivity contribution in [2.24, 2.45) is 0 Å². The van der Waals surface area contributed by atoms with E-state index in [4.69, 9.17) is 0 Å². The van der Waals surface area contributed by atoms with Gasteiger partial charge in [0.15, 0.2) is 0 Å². The zero-order valence-corrected chi connectivity index (χ0v) is 11.4. The second-order valence-corrected chi connectivity index (χ2v) is 4.72. The van der Waals surface area contributed by atoms with Crippen molar-refractivity contribution in [3.05, 3.63) is 47.1 Å². The van der Waals surface area contributed by atoms with Crippen LogP contribution in [0.5, 0.6) is 0 Å². The maximum absolute atomic E-state index is 4.56. The molecule has 0 aromatic carbocycles. The van der Waals surface area contributed by atoms with E-state index >= 15 is 0 Å². The molecule has 0 N–H and O–H groups in total. The first kappa shape index (κ1) is 11.3. The Morgan fingerprint density at radius 3 is 3.00 bits per heavy atom. The summed E-state index contributed by atoms with van der Waals surface area (Å²) in [6, 6.07) is 7.91. The Kier molecular flexibility index (Phi) is 2.83. The van der Waals surface area contributed by atoms with Crippen LogP contribution in [-0.4, -0.2) is 19.4 Å². The van der Waals surface area contributed by atoms with Gasteiger partial charge in [-0.15, -0.1) is 0 Å². The lowest BCUT2D eigenvalue weighted by Crippen LogP contribution is -1.98. The van der Waals surface area contributed by atoms with Gasteiger partial charge in [-0.05, 0) is 34.1 Å². The Bertz CT molecular complexity index is 705. The summed E-state index contributed by atoms with van der Waals surface area (Å²) in [5, 5.41) is 0. The van der Waals surface area contributed by atoms with Crippen LogP contribution in [0, 0.1) is 0 Å². The molecular formula is C13H11BrN4. The first-order valence-corrected chi connectivity index (χ1v) is 6.53. The topological polar surface area (TPSA) is 43.1 Å². The smallest absolute Gasteiger partial charge is 0.137 e. The van der Waals surface area contributed by atoms with Crippen molar-refractivity contribution >= 4 is 21.6 Å². The monoisotopic (exact) mass is 302 g/mol. The lowest BCUT2D eigenvalue weighted by molar-refractivity contribution is 0.927. The summed E-state index contributed by atoms with van der Waals surface area (Å²) in [6.45, 7) is 2.04. The van der Waals surface area contributed by atoms with E-state index in [0.717, 1.165) is 33.9 Å². The minimum absolute atomic E-state index is 0.807. The van der Waals surface area contributed by atoms with Gasteiger partial charge in [0.25, 0.3) is 0 Å². The maximum atomic E-state index is 4.56. The van der Waals surface area contributed by atoms with Crippen molar-refractivity contribution in [3.8, 4) is 11.4 Å². The molecule has 0 unspecified atom stereocenters. The first-order chi connectivity index (χ1) is 8.78. The Morgan fingerprint density at radius 1 is 1.28 bits per heavy atom. The van der Waals surface area contributed by atoms with Gasteiger partial charge in [-0.1, -0.05) is 13.0 Å². The molecule has 90 valence electrons. The van der Waals surface area contributed by atoms with Crippen LogP contribution >= 0.6 is 15.9 Å². The molecule has 0 atom stereocenters. The highest BCUT2D eigenvalue weighted by molar-refractivity contribution is 9.10. The molecule has 3 heterocycles. The number of aromatic nitrogens is 4. The van der Waals surface area contributed by atoms with Gasteiger partial charge >= 0.3 is 0 Å². The van der Waals surface area contributed by atoms with Gasteiger partial charge in [0, 0.05) is 18.8 Å². The number of rotatable bonds is 2. The first-order valence-electron chi connectivity index (χ1n) is 5.74. The van der Waals surface area contributed by atoms with E-state index in [2.05, 4.69) is 30.9 Å². The Labute approximate surface area is 113 Å². The number of hydrogen-bond acceptors (Lipinski definition) is 3. The highest BCUT2D eigenvalue weighted by Gasteiger charge is 2.07. The van der Waals surface area contributed by atoms with Crippen molar-refractivity contribution in [3.63, 3.8) is 0 Å². The van der Waals surface area contributed by atoms with Crippen LogP contribution in [0.1, 0.15) is 12.7 Å². The van der Waals surface area contributed by atoms with Crippen molar-refractivity contribution in [2.45, 2.75) is 13.3 Å². The maximum Gasteiger partial charge on any atom is 0.137 e. The van der Waals surface area contributed by atoms with Crippen LogP contribution in [-0.2, 0) is 6.42 Å². The van der Waals surface area contributed by atoms with E-state index in [1.807, 2.05) is 41.8 Å². The van der Waals surface area contributed by atoms with Gasteiger partial charge in [0.05, 0.1) is 11.4 Å². The van der Waals surface area contributed by atoms with Crippen molar-refractivity contribution < 1.29 is 0 Å². The average molecular weight is 303 g/mol. The number of pyridine rings is 1. The summed E-state index contributed by atoms with van der Waals surface area (Å²) in [5.41, 5.74) is 2.83. The number of aryl methyl sites for hydroxylation is 1. The largest absolute Gasteiger partial charge is 0.298 e. The molecule has 18 heavy (non-hydrogen) atoms. The lowest BCUT2D eigenvalue weighted by atomic mass is 10.2. The molecule has 0 aliphatic heterocycles. The summed E-state index contributed by atoms with van der Waals surface area (Å²) < 4.78 is 2.83.